The van der Waals surface area contributed by atoms with E-state index in [0.717, 1.165) is 23.1 Å². The van der Waals surface area contributed by atoms with Crippen LogP contribution >= 0.6 is 0 Å². The van der Waals surface area contributed by atoms with Gasteiger partial charge in [-0.1, -0.05) is 13.0 Å². The molecule has 3 rings (SSSR count). The Balaban J connectivity index is 1.95. The number of nitrogens with zero attached hydrogens (tertiary/aromatic N) is 3. The van der Waals surface area contributed by atoms with Gasteiger partial charge in [0.15, 0.2) is 0 Å². The van der Waals surface area contributed by atoms with E-state index in [9.17, 15) is 4.79 Å². The van der Waals surface area contributed by atoms with Crippen molar-refractivity contribution < 1.29 is 4.42 Å². The van der Waals surface area contributed by atoms with Crippen LogP contribution in [-0.4, -0.2) is 21.9 Å². The molecule has 0 unspecified atom stereocenters. The van der Waals surface area contributed by atoms with Crippen LogP contribution in [0.2, 0.25) is 0 Å². The van der Waals surface area contributed by atoms with E-state index in [2.05, 4.69) is 34.8 Å². The SMILES string of the molecule is CCc1ccc2oc(=O)cc(CN(C)[C@H](C)c3ccncn3)c2c1. The molecule has 0 saturated heterocycles. The molecule has 0 amide bonds. The van der Waals surface area contributed by atoms with Crippen molar-refractivity contribution in [2.45, 2.75) is 32.9 Å². The molecule has 2 heterocycles. The van der Waals surface area contributed by atoms with Gasteiger partial charge in [0.1, 0.15) is 11.9 Å². The van der Waals surface area contributed by atoms with Gasteiger partial charge in [0.25, 0.3) is 0 Å². The van der Waals surface area contributed by atoms with Crippen molar-refractivity contribution in [2.75, 3.05) is 7.05 Å². The lowest BCUT2D eigenvalue weighted by Gasteiger charge is -2.24. The average molecular weight is 323 g/mol. The highest BCUT2D eigenvalue weighted by atomic mass is 16.4. The summed E-state index contributed by atoms with van der Waals surface area (Å²) in [4.78, 5) is 22.3. The van der Waals surface area contributed by atoms with Gasteiger partial charge in [0, 0.05) is 30.2 Å². The molecule has 2 aromatic heterocycles. The molecule has 0 fully saturated rings. The summed E-state index contributed by atoms with van der Waals surface area (Å²) in [7, 11) is 2.02. The molecule has 0 aliphatic rings. The zero-order chi connectivity index (χ0) is 17.1. The molecule has 0 spiro atoms. The maximum Gasteiger partial charge on any atom is 0.336 e. The molecule has 1 aromatic carbocycles. The molecule has 5 nitrogen and oxygen atoms in total. The molecule has 1 atom stereocenters. The topological polar surface area (TPSA) is 59.2 Å². The Hall–Kier alpha value is -2.53. The monoisotopic (exact) mass is 323 g/mol. The van der Waals surface area contributed by atoms with E-state index >= 15 is 0 Å². The van der Waals surface area contributed by atoms with Crippen molar-refractivity contribution in [1.82, 2.24) is 14.9 Å². The summed E-state index contributed by atoms with van der Waals surface area (Å²) in [6, 6.07) is 9.61. The number of aryl methyl sites for hydroxylation is 1. The molecular formula is C19H21N3O2. The minimum atomic E-state index is -0.315. The fourth-order valence-corrected chi connectivity index (χ4v) is 2.81. The predicted molar refractivity (Wildman–Crippen MR) is 93.8 cm³/mol. The highest BCUT2D eigenvalue weighted by molar-refractivity contribution is 5.80. The van der Waals surface area contributed by atoms with E-state index in [4.69, 9.17) is 4.42 Å². The molecule has 0 saturated carbocycles. The Morgan fingerprint density at radius 2 is 2.08 bits per heavy atom. The summed E-state index contributed by atoms with van der Waals surface area (Å²) < 4.78 is 5.33. The maximum atomic E-state index is 11.9. The maximum absolute atomic E-state index is 11.9. The summed E-state index contributed by atoms with van der Waals surface area (Å²) in [5, 5.41) is 0.996. The fourth-order valence-electron chi connectivity index (χ4n) is 2.81. The lowest BCUT2D eigenvalue weighted by atomic mass is 10.0. The Morgan fingerprint density at radius 3 is 2.79 bits per heavy atom. The summed E-state index contributed by atoms with van der Waals surface area (Å²) in [5.74, 6) is 0. The highest BCUT2D eigenvalue weighted by Gasteiger charge is 2.15. The van der Waals surface area contributed by atoms with Crippen molar-refractivity contribution in [3.8, 4) is 0 Å². The molecule has 3 aromatic rings. The van der Waals surface area contributed by atoms with Gasteiger partial charge in [0.05, 0.1) is 5.69 Å². The molecule has 0 aliphatic heterocycles. The van der Waals surface area contributed by atoms with Crippen LogP contribution in [0.3, 0.4) is 0 Å². The largest absolute Gasteiger partial charge is 0.423 e. The van der Waals surface area contributed by atoms with E-state index in [-0.39, 0.29) is 11.7 Å². The van der Waals surface area contributed by atoms with Crippen LogP contribution in [0.1, 0.15) is 36.7 Å². The molecule has 24 heavy (non-hydrogen) atoms. The van der Waals surface area contributed by atoms with Gasteiger partial charge in [-0.25, -0.2) is 14.8 Å². The Kier molecular flexibility index (Phi) is 4.71. The van der Waals surface area contributed by atoms with E-state index in [1.54, 1.807) is 18.6 Å². The van der Waals surface area contributed by atoms with Gasteiger partial charge in [0.2, 0.25) is 0 Å². The van der Waals surface area contributed by atoms with Crippen LogP contribution in [0.5, 0.6) is 0 Å². The summed E-state index contributed by atoms with van der Waals surface area (Å²) >= 11 is 0. The van der Waals surface area contributed by atoms with E-state index in [1.807, 2.05) is 25.2 Å². The minimum Gasteiger partial charge on any atom is -0.423 e. The summed E-state index contributed by atoms with van der Waals surface area (Å²) in [5.41, 5.74) is 3.47. The van der Waals surface area contributed by atoms with Gasteiger partial charge >= 0.3 is 5.63 Å². The first-order chi connectivity index (χ1) is 11.6. The van der Waals surface area contributed by atoms with Gasteiger partial charge in [-0.15, -0.1) is 0 Å². The average Bonchev–Trinajstić information content (AvgIpc) is 2.61. The van der Waals surface area contributed by atoms with E-state index in [0.29, 0.717) is 12.1 Å². The molecule has 0 bridgehead atoms. The van der Waals surface area contributed by atoms with Crippen LogP contribution in [0, 0.1) is 0 Å². The van der Waals surface area contributed by atoms with Crippen molar-refractivity contribution in [3.05, 3.63) is 70.1 Å². The number of hydrogen-bond donors (Lipinski definition) is 0. The third-order valence-corrected chi connectivity index (χ3v) is 4.41. The Bertz CT molecular complexity index is 890. The second kappa shape index (κ2) is 6.93. The number of benzene rings is 1. The second-order valence-corrected chi connectivity index (χ2v) is 6.00. The molecule has 124 valence electrons. The lowest BCUT2D eigenvalue weighted by Crippen LogP contribution is -2.23. The van der Waals surface area contributed by atoms with Gasteiger partial charge in [-0.2, -0.15) is 0 Å². The summed E-state index contributed by atoms with van der Waals surface area (Å²) in [6.45, 7) is 4.84. The molecule has 0 N–H and O–H groups in total. The van der Waals surface area contributed by atoms with Gasteiger partial charge in [-0.05, 0) is 49.7 Å². The standard InChI is InChI=1S/C19H21N3O2/c1-4-14-5-6-18-16(9-14)15(10-19(23)24-18)11-22(3)13(2)17-7-8-20-12-21-17/h5-10,12-13H,4,11H2,1-3H3/t13-/m1/s1. The van der Waals surface area contributed by atoms with E-state index in [1.165, 1.54) is 5.56 Å². The smallest absolute Gasteiger partial charge is 0.336 e. The van der Waals surface area contributed by atoms with Crippen LogP contribution in [0.4, 0.5) is 0 Å². The quantitative estimate of drug-likeness (QED) is 0.674. The summed E-state index contributed by atoms with van der Waals surface area (Å²) in [6.07, 6.45) is 4.24. The predicted octanol–water partition coefficient (Wildman–Crippen LogP) is 3.34. The van der Waals surface area contributed by atoms with Crippen LogP contribution < -0.4 is 5.63 Å². The van der Waals surface area contributed by atoms with Crippen molar-refractivity contribution >= 4 is 11.0 Å². The highest BCUT2D eigenvalue weighted by Crippen LogP contribution is 2.23. The van der Waals surface area contributed by atoms with Crippen molar-refractivity contribution in [3.63, 3.8) is 0 Å². The lowest BCUT2D eigenvalue weighted by molar-refractivity contribution is 0.249. The van der Waals surface area contributed by atoms with Crippen molar-refractivity contribution in [2.24, 2.45) is 0 Å². The second-order valence-electron chi connectivity index (χ2n) is 6.00. The first kappa shape index (κ1) is 16.3. The number of aromatic nitrogens is 2. The number of fused-ring (bicyclic) bond motifs is 1. The van der Waals surface area contributed by atoms with Crippen molar-refractivity contribution in [1.29, 1.82) is 0 Å². The first-order valence-corrected chi connectivity index (χ1v) is 8.10. The Morgan fingerprint density at radius 1 is 1.25 bits per heavy atom. The minimum absolute atomic E-state index is 0.115. The van der Waals surface area contributed by atoms with Gasteiger partial charge in [-0.3, -0.25) is 4.90 Å². The van der Waals surface area contributed by atoms with Gasteiger partial charge < -0.3 is 4.42 Å². The zero-order valence-electron chi connectivity index (χ0n) is 14.2. The molecular weight excluding hydrogens is 302 g/mol. The molecule has 5 heteroatoms. The first-order valence-electron chi connectivity index (χ1n) is 8.10. The molecule has 0 radical (unpaired) electrons. The van der Waals surface area contributed by atoms with Crippen LogP contribution in [-0.2, 0) is 13.0 Å². The van der Waals surface area contributed by atoms with Crippen LogP contribution in [0.25, 0.3) is 11.0 Å². The van der Waals surface area contributed by atoms with E-state index < -0.39 is 0 Å². The fraction of sp³-hybridized carbons (Fsp3) is 0.316. The number of hydrogen-bond acceptors (Lipinski definition) is 5. The zero-order valence-corrected chi connectivity index (χ0v) is 14.2. The third-order valence-electron chi connectivity index (χ3n) is 4.41. The number of rotatable bonds is 5. The Labute approximate surface area is 141 Å². The normalized spacial score (nSPS) is 12.7. The van der Waals surface area contributed by atoms with Crippen LogP contribution in [0.15, 0.2) is 52.1 Å². The molecule has 0 aliphatic carbocycles. The third kappa shape index (κ3) is 3.36.